The number of hydrogen-bond acceptors (Lipinski definition) is 2. The summed E-state index contributed by atoms with van der Waals surface area (Å²) in [5.41, 5.74) is 2.89. The number of nitrogens with one attached hydrogen (secondary N) is 1. The maximum Gasteiger partial charge on any atom is 0.0230 e. The summed E-state index contributed by atoms with van der Waals surface area (Å²) in [4.78, 5) is 2.23. The van der Waals surface area contributed by atoms with E-state index >= 15 is 0 Å². The van der Waals surface area contributed by atoms with Crippen LogP contribution in [0.5, 0.6) is 0 Å². The quantitative estimate of drug-likeness (QED) is 0.795. The summed E-state index contributed by atoms with van der Waals surface area (Å²) in [6.07, 6.45) is 4.09. The number of hydrogen-bond donors (Lipinski definition) is 1. The first-order valence-corrected chi connectivity index (χ1v) is 7.15. The van der Waals surface area contributed by atoms with Gasteiger partial charge in [-0.3, -0.25) is 0 Å². The molecule has 100 valence electrons. The van der Waals surface area contributed by atoms with Crippen LogP contribution in [0.2, 0.25) is 0 Å². The molecule has 0 aromatic heterocycles. The lowest BCUT2D eigenvalue weighted by molar-refractivity contribution is 0.397. The third-order valence-electron chi connectivity index (χ3n) is 3.79. The molecule has 1 N–H and O–H groups in total. The molecule has 1 unspecified atom stereocenters. The summed E-state index contributed by atoms with van der Waals surface area (Å²) in [5.74, 6) is 0.941. The van der Waals surface area contributed by atoms with Crippen LogP contribution < -0.4 is 5.32 Å². The Hall–Kier alpha value is -0.860. The molecular weight excluding hydrogens is 220 g/mol. The van der Waals surface area contributed by atoms with Gasteiger partial charge in [0.05, 0.1) is 0 Å². The van der Waals surface area contributed by atoms with Crippen LogP contribution in [0.4, 0.5) is 0 Å². The first kappa shape index (κ1) is 13.6. The van der Waals surface area contributed by atoms with Gasteiger partial charge in [-0.05, 0) is 50.4 Å². The second-order valence-corrected chi connectivity index (χ2v) is 5.74. The lowest BCUT2D eigenvalue weighted by atomic mass is 10.1. The molecule has 1 aliphatic carbocycles. The molecule has 0 radical (unpaired) electrons. The smallest absolute Gasteiger partial charge is 0.0230 e. The summed E-state index contributed by atoms with van der Waals surface area (Å²) >= 11 is 0. The molecule has 1 aromatic carbocycles. The van der Waals surface area contributed by atoms with Crippen molar-refractivity contribution >= 4 is 0 Å². The van der Waals surface area contributed by atoms with Crippen LogP contribution in [0.25, 0.3) is 0 Å². The zero-order valence-electron chi connectivity index (χ0n) is 11.9. The molecule has 1 atom stereocenters. The topological polar surface area (TPSA) is 15.3 Å². The molecule has 0 saturated heterocycles. The predicted octanol–water partition coefficient (Wildman–Crippen LogP) is 3.03. The van der Waals surface area contributed by atoms with Gasteiger partial charge in [-0.25, -0.2) is 0 Å². The summed E-state index contributed by atoms with van der Waals surface area (Å²) in [7, 11) is 4.26. The van der Waals surface area contributed by atoms with Gasteiger partial charge >= 0.3 is 0 Å². The molecule has 0 bridgehead atoms. The fraction of sp³-hybridized carbons (Fsp3) is 0.625. The van der Waals surface area contributed by atoms with Gasteiger partial charge in [0.2, 0.25) is 0 Å². The first-order valence-electron chi connectivity index (χ1n) is 7.15. The van der Waals surface area contributed by atoms with E-state index in [1.165, 1.54) is 30.4 Å². The molecule has 1 aromatic rings. The van der Waals surface area contributed by atoms with Crippen molar-refractivity contribution in [2.24, 2.45) is 5.92 Å². The second kappa shape index (κ2) is 6.35. The SMILES string of the molecule is CCC(NCc1ccccc1CN(C)C)C1CC1. The number of benzene rings is 1. The van der Waals surface area contributed by atoms with Gasteiger partial charge in [-0.15, -0.1) is 0 Å². The fourth-order valence-electron chi connectivity index (χ4n) is 2.61. The maximum atomic E-state index is 3.74. The molecule has 0 amide bonds. The zero-order valence-corrected chi connectivity index (χ0v) is 11.9. The molecule has 1 fully saturated rings. The van der Waals surface area contributed by atoms with Crippen LogP contribution in [-0.4, -0.2) is 25.0 Å². The lowest BCUT2D eigenvalue weighted by Crippen LogP contribution is -2.30. The summed E-state index contributed by atoms with van der Waals surface area (Å²) < 4.78 is 0. The van der Waals surface area contributed by atoms with Gasteiger partial charge in [-0.2, -0.15) is 0 Å². The highest BCUT2D eigenvalue weighted by Gasteiger charge is 2.29. The Kier molecular flexibility index (Phi) is 4.79. The van der Waals surface area contributed by atoms with E-state index in [4.69, 9.17) is 0 Å². The predicted molar refractivity (Wildman–Crippen MR) is 77.5 cm³/mol. The highest BCUT2D eigenvalue weighted by Crippen LogP contribution is 2.34. The van der Waals surface area contributed by atoms with E-state index in [2.05, 4.69) is 55.5 Å². The lowest BCUT2D eigenvalue weighted by Gasteiger charge is -2.19. The van der Waals surface area contributed by atoms with E-state index in [1.54, 1.807) is 0 Å². The Morgan fingerprint density at radius 1 is 1.22 bits per heavy atom. The summed E-state index contributed by atoms with van der Waals surface area (Å²) in [5, 5.41) is 3.74. The van der Waals surface area contributed by atoms with E-state index in [0.717, 1.165) is 25.0 Å². The number of nitrogens with zero attached hydrogens (tertiary/aromatic N) is 1. The van der Waals surface area contributed by atoms with Gasteiger partial charge in [-0.1, -0.05) is 31.2 Å². The molecule has 0 aliphatic heterocycles. The van der Waals surface area contributed by atoms with Crippen LogP contribution in [0, 0.1) is 5.92 Å². The van der Waals surface area contributed by atoms with Crippen molar-refractivity contribution in [1.29, 1.82) is 0 Å². The van der Waals surface area contributed by atoms with Crippen LogP contribution >= 0.6 is 0 Å². The van der Waals surface area contributed by atoms with Crippen LogP contribution in [0.1, 0.15) is 37.3 Å². The van der Waals surface area contributed by atoms with E-state index in [-0.39, 0.29) is 0 Å². The highest BCUT2D eigenvalue weighted by molar-refractivity contribution is 5.27. The molecule has 0 heterocycles. The van der Waals surface area contributed by atoms with Crippen LogP contribution in [-0.2, 0) is 13.1 Å². The Labute approximate surface area is 111 Å². The average Bonchev–Trinajstić information content (AvgIpc) is 3.16. The van der Waals surface area contributed by atoms with Gasteiger partial charge in [0, 0.05) is 19.1 Å². The van der Waals surface area contributed by atoms with Gasteiger partial charge < -0.3 is 10.2 Å². The Bertz CT molecular complexity index is 369. The van der Waals surface area contributed by atoms with E-state index < -0.39 is 0 Å². The second-order valence-electron chi connectivity index (χ2n) is 5.74. The molecule has 1 aliphatic rings. The largest absolute Gasteiger partial charge is 0.310 e. The fourth-order valence-corrected chi connectivity index (χ4v) is 2.61. The van der Waals surface area contributed by atoms with Gasteiger partial charge in [0.15, 0.2) is 0 Å². The van der Waals surface area contributed by atoms with Crippen molar-refractivity contribution < 1.29 is 0 Å². The maximum absolute atomic E-state index is 3.74. The summed E-state index contributed by atoms with van der Waals surface area (Å²) in [6.45, 7) is 4.33. The normalized spacial score (nSPS) is 17.1. The molecule has 2 nitrogen and oxygen atoms in total. The Morgan fingerprint density at radius 2 is 1.89 bits per heavy atom. The first-order chi connectivity index (χ1) is 8.70. The third-order valence-corrected chi connectivity index (χ3v) is 3.79. The van der Waals surface area contributed by atoms with Crippen molar-refractivity contribution in [3.63, 3.8) is 0 Å². The molecule has 2 heteroatoms. The van der Waals surface area contributed by atoms with Crippen LogP contribution in [0.15, 0.2) is 24.3 Å². The minimum atomic E-state index is 0.720. The minimum Gasteiger partial charge on any atom is -0.310 e. The van der Waals surface area contributed by atoms with Gasteiger partial charge in [0.25, 0.3) is 0 Å². The van der Waals surface area contributed by atoms with E-state index in [0.29, 0.717) is 0 Å². The standard InChI is InChI=1S/C16H26N2/c1-4-16(13-9-10-13)17-11-14-7-5-6-8-15(14)12-18(2)3/h5-8,13,16-17H,4,9-12H2,1-3H3. The number of rotatable bonds is 7. The van der Waals surface area contributed by atoms with Crippen molar-refractivity contribution in [1.82, 2.24) is 10.2 Å². The van der Waals surface area contributed by atoms with Crippen LogP contribution in [0.3, 0.4) is 0 Å². The van der Waals surface area contributed by atoms with Gasteiger partial charge in [0.1, 0.15) is 0 Å². The van der Waals surface area contributed by atoms with Crippen molar-refractivity contribution in [3.05, 3.63) is 35.4 Å². The Balaban J connectivity index is 1.94. The molecule has 18 heavy (non-hydrogen) atoms. The zero-order chi connectivity index (χ0) is 13.0. The molecule has 0 spiro atoms. The van der Waals surface area contributed by atoms with E-state index in [1.807, 2.05) is 0 Å². The monoisotopic (exact) mass is 246 g/mol. The van der Waals surface area contributed by atoms with Crippen molar-refractivity contribution in [3.8, 4) is 0 Å². The molecule has 2 rings (SSSR count). The minimum absolute atomic E-state index is 0.720. The van der Waals surface area contributed by atoms with Crippen molar-refractivity contribution in [2.75, 3.05) is 14.1 Å². The average molecular weight is 246 g/mol. The van der Waals surface area contributed by atoms with E-state index in [9.17, 15) is 0 Å². The molecular formula is C16H26N2. The molecule has 1 saturated carbocycles. The summed E-state index contributed by atoms with van der Waals surface area (Å²) in [6, 6.07) is 9.51. The Morgan fingerprint density at radius 3 is 2.44 bits per heavy atom. The van der Waals surface area contributed by atoms with Crippen molar-refractivity contribution in [2.45, 2.75) is 45.3 Å². The highest BCUT2D eigenvalue weighted by atomic mass is 15.0. The third kappa shape index (κ3) is 3.82.